The summed E-state index contributed by atoms with van der Waals surface area (Å²) >= 11 is 6.48. The molecule has 0 saturated carbocycles. The van der Waals surface area contributed by atoms with Gasteiger partial charge in [0, 0.05) is 18.0 Å². The highest BCUT2D eigenvalue weighted by Crippen LogP contribution is 2.38. The molecule has 2 aromatic heterocycles. The van der Waals surface area contributed by atoms with Gasteiger partial charge in [-0.2, -0.15) is 0 Å². The molecule has 5 rings (SSSR count). The Kier molecular flexibility index (Phi) is 4.09. The maximum Gasteiger partial charge on any atom is 0.231 e. The molecule has 0 atom stereocenters. The molecule has 0 unspecified atom stereocenters. The number of ether oxygens (including phenoxy) is 2. The van der Waals surface area contributed by atoms with E-state index >= 15 is 0 Å². The minimum Gasteiger partial charge on any atom is -0.454 e. The summed E-state index contributed by atoms with van der Waals surface area (Å²) in [4.78, 5) is 16.2. The maximum absolute atomic E-state index is 11.5. The van der Waals surface area contributed by atoms with Gasteiger partial charge in [-0.3, -0.25) is 4.79 Å². The number of carbonyl (C=O) groups is 1. The second-order valence-corrected chi connectivity index (χ2v) is 6.86. The van der Waals surface area contributed by atoms with Gasteiger partial charge in [0.2, 0.25) is 18.5 Å². The number of rotatable bonds is 4. The van der Waals surface area contributed by atoms with Crippen LogP contribution in [0.2, 0.25) is 5.02 Å². The third kappa shape index (κ3) is 3.05. The standard InChI is InChI=1S/C19H14ClN5O4/c1-10(26)21-18-17(23-29-24-18)19-22-13-4-2-3-5-14(13)25(19)8-11-6-15-16(7-12(11)20)28-9-27-15/h2-7H,8-9H2,1H3,(H,21,24,26). The molecule has 1 N–H and O–H groups in total. The van der Waals surface area contributed by atoms with Gasteiger partial charge < -0.3 is 19.4 Å². The molecule has 29 heavy (non-hydrogen) atoms. The van der Waals surface area contributed by atoms with Crippen LogP contribution < -0.4 is 14.8 Å². The highest BCUT2D eigenvalue weighted by Gasteiger charge is 2.23. The molecule has 1 amide bonds. The Morgan fingerprint density at radius 1 is 1.21 bits per heavy atom. The lowest BCUT2D eigenvalue weighted by atomic mass is 10.2. The lowest BCUT2D eigenvalue weighted by molar-refractivity contribution is -0.114. The van der Waals surface area contributed by atoms with Gasteiger partial charge in [-0.15, -0.1) is 0 Å². The molecule has 2 aromatic carbocycles. The Balaban J connectivity index is 1.65. The minimum absolute atomic E-state index is 0.166. The molecular weight excluding hydrogens is 398 g/mol. The van der Waals surface area contributed by atoms with Crippen molar-refractivity contribution in [2.45, 2.75) is 13.5 Å². The van der Waals surface area contributed by atoms with Crippen LogP contribution in [0.5, 0.6) is 11.5 Å². The van der Waals surface area contributed by atoms with E-state index in [2.05, 4.69) is 20.6 Å². The summed E-state index contributed by atoms with van der Waals surface area (Å²) in [5.74, 6) is 1.65. The number of aromatic nitrogens is 4. The number of halogens is 1. The van der Waals surface area contributed by atoms with Crippen molar-refractivity contribution in [1.82, 2.24) is 19.9 Å². The Hall–Kier alpha value is -3.59. The predicted octanol–water partition coefficient (Wildman–Crippen LogP) is 3.48. The first kappa shape index (κ1) is 17.5. The number of anilines is 1. The second-order valence-electron chi connectivity index (χ2n) is 6.45. The molecule has 3 heterocycles. The molecule has 0 spiro atoms. The Bertz CT molecular complexity index is 1250. The van der Waals surface area contributed by atoms with Crippen molar-refractivity contribution in [3.8, 4) is 23.0 Å². The average molecular weight is 412 g/mol. The number of para-hydroxylation sites is 2. The summed E-state index contributed by atoms with van der Waals surface area (Å²) < 4.78 is 17.6. The van der Waals surface area contributed by atoms with Gasteiger partial charge >= 0.3 is 0 Å². The van der Waals surface area contributed by atoms with Crippen molar-refractivity contribution in [3.05, 3.63) is 47.0 Å². The molecule has 10 heteroatoms. The summed E-state index contributed by atoms with van der Waals surface area (Å²) in [6.45, 7) is 1.94. The molecule has 146 valence electrons. The van der Waals surface area contributed by atoms with Crippen molar-refractivity contribution in [2.75, 3.05) is 12.1 Å². The molecular formula is C19H14ClN5O4. The molecule has 4 aromatic rings. The first-order valence-corrected chi connectivity index (χ1v) is 9.12. The van der Waals surface area contributed by atoms with E-state index in [-0.39, 0.29) is 18.5 Å². The van der Waals surface area contributed by atoms with Gasteiger partial charge in [0.1, 0.15) is 0 Å². The van der Waals surface area contributed by atoms with Crippen LogP contribution in [0.3, 0.4) is 0 Å². The van der Waals surface area contributed by atoms with Gasteiger partial charge in [-0.1, -0.05) is 23.7 Å². The van der Waals surface area contributed by atoms with Crippen LogP contribution in [0.15, 0.2) is 41.0 Å². The van der Waals surface area contributed by atoms with Crippen LogP contribution in [0, 0.1) is 0 Å². The second kappa shape index (κ2) is 6.78. The van der Waals surface area contributed by atoms with Crippen LogP contribution in [0.25, 0.3) is 22.6 Å². The average Bonchev–Trinajstić information content (AvgIpc) is 3.40. The normalized spacial score (nSPS) is 12.5. The van der Waals surface area contributed by atoms with Crippen LogP contribution in [0.1, 0.15) is 12.5 Å². The monoisotopic (exact) mass is 411 g/mol. The predicted molar refractivity (Wildman–Crippen MR) is 104 cm³/mol. The zero-order valence-electron chi connectivity index (χ0n) is 15.2. The highest BCUT2D eigenvalue weighted by atomic mass is 35.5. The Morgan fingerprint density at radius 2 is 2.00 bits per heavy atom. The van der Waals surface area contributed by atoms with Crippen molar-refractivity contribution in [2.24, 2.45) is 0 Å². The van der Waals surface area contributed by atoms with E-state index in [1.165, 1.54) is 6.92 Å². The van der Waals surface area contributed by atoms with Crippen molar-refractivity contribution in [3.63, 3.8) is 0 Å². The number of benzene rings is 2. The van der Waals surface area contributed by atoms with Gasteiger partial charge in [0.15, 0.2) is 23.0 Å². The third-order valence-corrected chi connectivity index (χ3v) is 4.87. The molecule has 9 nitrogen and oxygen atoms in total. The van der Waals surface area contributed by atoms with E-state index in [4.69, 9.17) is 25.7 Å². The van der Waals surface area contributed by atoms with Crippen molar-refractivity contribution in [1.29, 1.82) is 0 Å². The Morgan fingerprint density at radius 3 is 2.83 bits per heavy atom. The first-order chi connectivity index (χ1) is 14.1. The number of imidazole rings is 1. The molecule has 1 aliphatic rings. The number of amides is 1. The topological polar surface area (TPSA) is 104 Å². The summed E-state index contributed by atoms with van der Waals surface area (Å²) in [5.41, 5.74) is 2.77. The van der Waals surface area contributed by atoms with Crippen LogP contribution in [-0.4, -0.2) is 32.6 Å². The Labute approximate surface area is 169 Å². The number of hydrogen-bond donors (Lipinski definition) is 1. The fourth-order valence-corrected chi connectivity index (χ4v) is 3.46. The van der Waals surface area contributed by atoms with Gasteiger partial charge in [0.25, 0.3) is 0 Å². The number of nitrogens with one attached hydrogen (secondary N) is 1. The van der Waals surface area contributed by atoms with E-state index in [1.807, 2.05) is 34.9 Å². The molecule has 1 aliphatic heterocycles. The molecule has 0 aliphatic carbocycles. The first-order valence-electron chi connectivity index (χ1n) is 8.74. The fourth-order valence-electron chi connectivity index (χ4n) is 3.25. The summed E-state index contributed by atoms with van der Waals surface area (Å²) in [7, 11) is 0. The molecule has 0 fully saturated rings. The van der Waals surface area contributed by atoms with E-state index in [0.29, 0.717) is 34.6 Å². The number of nitrogens with zero attached hydrogens (tertiary/aromatic N) is 4. The molecule has 0 saturated heterocycles. The number of carbonyl (C=O) groups excluding carboxylic acids is 1. The largest absolute Gasteiger partial charge is 0.454 e. The summed E-state index contributed by atoms with van der Waals surface area (Å²) in [6, 6.07) is 11.2. The maximum atomic E-state index is 11.5. The summed E-state index contributed by atoms with van der Waals surface area (Å²) in [6.07, 6.45) is 0. The van der Waals surface area contributed by atoms with E-state index in [9.17, 15) is 4.79 Å². The SMILES string of the molecule is CC(=O)Nc1nonc1-c1nc2ccccc2n1Cc1cc2c(cc1Cl)OCO2. The van der Waals surface area contributed by atoms with Crippen molar-refractivity contribution < 1.29 is 18.9 Å². The molecule has 0 bridgehead atoms. The molecule has 0 radical (unpaired) electrons. The van der Waals surface area contributed by atoms with E-state index in [0.717, 1.165) is 16.6 Å². The zero-order chi connectivity index (χ0) is 20.0. The highest BCUT2D eigenvalue weighted by molar-refractivity contribution is 6.31. The van der Waals surface area contributed by atoms with Gasteiger partial charge in [-0.05, 0) is 34.1 Å². The smallest absolute Gasteiger partial charge is 0.231 e. The third-order valence-electron chi connectivity index (χ3n) is 4.52. The number of fused-ring (bicyclic) bond motifs is 2. The lowest BCUT2D eigenvalue weighted by Gasteiger charge is -2.11. The quantitative estimate of drug-likeness (QED) is 0.548. The number of hydrogen-bond acceptors (Lipinski definition) is 7. The fraction of sp³-hybridized carbons (Fsp3) is 0.158. The minimum atomic E-state index is -0.288. The van der Waals surface area contributed by atoms with Crippen molar-refractivity contribution >= 4 is 34.4 Å². The summed E-state index contributed by atoms with van der Waals surface area (Å²) in [5, 5.41) is 10.9. The lowest BCUT2D eigenvalue weighted by Crippen LogP contribution is -2.09. The van der Waals surface area contributed by atoms with E-state index < -0.39 is 0 Å². The van der Waals surface area contributed by atoms with Crippen LogP contribution >= 0.6 is 11.6 Å². The van der Waals surface area contributed by atoms with Gasteiger partial charge in [0.05, 0.1) is 17.6 Å². The van der Waals surface area contributed by atoms with E-state index in [1.54, 1.807) is 6.07 Å². The zero-order valence-corrected chi connectivity index (χ0v) is 15.9. The van der Waals surface area contributed by atoms with Crippen LogP contribution in [0.4, 0.5) is 5.82 Å². The van der Waals surface area contributed by atoms with Gasteiger partial charge in [-0.25, -0.2) is 9.61 Å². The van der Waals surface area contributed by atoms with Crippen LogP contribution in [-0.2, 0) is 11.3 Å².